The third-order valence-corrected chi connectivity index (χ3v) is 3.89. The van der Waals surface area contributed by atoms with E-state index in [0.717, 1.165) is 23.1 Å². The minimum atomic E-state index is -0.341. The second kappa shape index (κ2) is 4.41. The van der Waals surface area contributed by atoms with E-state index in [0.29, 0.717) is 11.6 Å². The molecule has 0 spiro atoms. The van der Waals surface area contributed by atoms with Gasteiger partial charge in [-0.1, -0.05) is 6.92 Å². The summed E-state index contributed by atoms with van der Waals surface area (Å²) in [7, 11) is 1.39. The smallest absolute Gasteiger partial charge is 0.357 e. The predicted molar refractivity (Wildman–Crippen MR) is 64.2 cm³/mol. The van der Waals surface area contributed by atoms with Crippen molar-refractivity contribution in [3.8, 4) is 0 Å². The van der Waals surface area contributed by atoms with Gasteiger partial charge in [0.15, 0.2) is 10.8 Å². The number of esters is 1. The maximum absolute atomic E-state index is 11.4. The van der Waals surface area contributed by atoms with Gasteiger partial charge in [0.25, 0.3) is 0 Å². The number of methoxy groups -OCH3 is 1. The summed E-state index contributed by atoms with van der Waals surface area (Å²) >= 11 is 1.57. The van der Waals surface area contributed by atoms with Crippen LogP contribution in [-0.2, 0) is 4.74 Å². The molecule has 0 amide bonds. The zero-order chi connectivity index (χ0) is 11.7. The zero-order valence-electron chi connectivity index (χ0n) is 9.82. The van der Waals surface area contributed by atoms with Crippen LogP contribution in [-0.4, -0.2) is 31.2 Å². The number of rotatable bonds is 2. The Morgan fingerprint density at radius 2 is 2.38 bits per heavy atom. The van der Waals surface area contributed by atoms with E-state index in [9.17, 15) is 4.79 Å². The van der Waals surface area contributed by atoms with Gasteiger partial charge in [-0.3, -0.25) is 0 Å². The highest BCUT2D eigenvalue weighted by Crippen LogP contribution is 2.30. The van der Waals surface area contributed by atoms with Crippen LogP contribution in [0.15, 0.2) is 0 Å². The number of ether oxygens (including phenoxy) is 1. The van der Waals surface area contributed by atoms with Gasteiger partial charge in [0.05, 0.1) is 7.11 Å². The lowest BCUT2D eigenvalue weighted by Gasteiger charge is -2.13. The van der Waals surface area contributed by atoms with Crippen LogP contribution < -0.4 is 4.90 Å². The summed E-state index contributed by atoms with van der Waals surface area (Å²) in [6, 6.07) is 0. The van der Waals surface area contributed by atoms with Crippen molar-refractivity contribution in [3.05, 3.63) is 10.6 Å². The molecule has 1 saturated heterocycles. The zero-order valence-corrected chi connectivity index (χ0v) is 10.6. The lowest BCUT2D eigenvalue weighted by molar-refractivity contribution is 0.0594. The van der Waals surface area contributed by atoms with Crippen LogP contribution in [0.25, 0.3) is 0 Å². The van der Waals surface area contributed by atoms with Crippen molar-refractivity contribution in [2.24, 2.45) is 5.92 Å². The molecule has 0 saturated carbocycles. The molecule has 1 unspecified atom stereocenters. The summed E-state index contributed by atoms with van der Waals surface area (Å²) in [4.78, 5) is 19.0. The van der Waals surface area contributed by atoms with Crippen molar-refractivity contribution < 1.29 is 9.53 Å². The van der Waals surface area contributed by atoms with Gasteiger partial charge in [-0.2, -0.15) is 0 Å². The molecule has 0 aliphatic carbocycles. The van der Waals surface area contributed by atoms with Crippen LogP contribution in [0.1, 0.15) is 28.7 Å². The van der Waals surface area contributed by atoms with Gasteiger partial charge >= 0.3 is 5.97 Å². The lowest BCUT2D eigenvalue weighted by atomic mass is 10.2. The van der Waals surface area contributed by atoms with Gasteiger partial charge in [-0.15, -0.1) is 11.3 Å². The monoisotopic (exact) mass is 240 g/mol. The molecule has 0 radical (unpaired) electrons. The van der Waals surface area contributed by atoms with E-state index in [4.69, 9.17) is 4.74 Å². The first-order valence-corrected chi connectivity index (χ1v) is 6.24. The number of anilines is 1. The fourth-order valence-electron chi connectivity index (χ4n) is 1.91. The maximum atomic E-state index is 11.4. The third kappa shape index (κ3) is 2.04. The van der Waals surface area contributed by atoms with Gasteiger partial charge in [-0.25, -0.2) is 9.78 Å². The first-order valence-electron chi connectivity index (χ1n) is 5.42. The number of carbonyl (C=O) groups excluding carboxylic acids is 1. The van der Waals surface area contributed by atoms with Crippen LogP contribution in [0.4, 0.5) is 5.13 Å². The van der Waals surface area contributed by atoms with Crippen LogP contribution in [0.5, 0.6) is 0 Å². The second-order valence-electron chi connectivity index (χ2n) is 4.23. The molecule has 1 fully saturated rings. The van der Waals surface area contributed by atoms with E-state index >= 15 is 0 Å². The SMILES string of the molecule is COC(=O)c1nc(N2CCC(C)C2)sc1C. The Morgan fingerprint density at radius 3 is 2.94 bits per heavy atom. The Labute approximate surface area is 99.2 Å². The number of hydrogen-bond acceptors (Lipinski definition) is 5. The highest BCUT2D eigenvalue weighted by Gasteiger charge is 2.24. The van der Waals surface area contributed by atoms with E-state index < -0.39 is 0 Å². The average molecular weight is 240 g/mol. The van der Waals surface area contributed by atoms with Crippen LogP contribution in [0, 0.1) is 12.8 Å². The fourth-order valence-corrected chi connectivity index (χ4v) is 2.84. The summed E-state index contributed by atoms with van der Waals surface area (Å²) in [6.45, 7) is 6.22. The predicted octanol–water partition coefficient (Wildman–Crippen LogP) is 2.08. The van der Waals surface area contributed by atoms with Crippen molar-refractivity contribution in [1.29, 1.82) is 0 Å². The van der Waals surface area contributed by atoms with E-state index in [1.165, 1.54) is 13.5 Å². The highest BCUT2D eigenvalue weighted by molar-refractivity contribution is 7.15. The van der Waals surface area contributed by atoms with Crippen molar-refractivity contribution in [1.82, 2.24) is 4.98 Å². The molecular weight excluding hydrogens is 224 g/mol. The topological polar surface area (TPSA) is 42.4 Å². The number of aromatic nitrogens is 1. The first-order chi connectivity index (χ1) is 7.61. The van der Waals surface area contributed by atoms with E-state index in [1.54, 1.807) is 11.3 Å². The molecule has 1 aromatic rings. The van der Waals surface area contributed by atoms with E-state index in [-0.39, 0.29) is 5.97 Å². The summed E-state index contributed by atoms with van der Waals surface area (Å²) in [5, 5.41) is 0.947. The molecule has 88 valence electrons. The summed E-state index contributed by atoms with van der Waals surface area (Å²) in [5.41, 5.74) is 0.460. The van der Waals surface area contributed by atoms with Crippen molar-refractivity contribution >= 4 is 22.4 Å². The molecule has 1 aromatic heterocycles. The van der Waals surface area contributed by atoms with Gasteiger partial charge < -0.3 is 9.64 Å². The Kier molecular flexibility index (Phi) is 3.14. The quantitative estimate of drug-likeness (QED) is 0.742. The molecule has 4 nitrogen and oxygen atoms in total. The van der Waals surface area contributed by atoms with Gasteiger partial charge in [0.1, 0.15) is 0 Å². The molecule has 1 aliphatic heterocycles. The first kappa shape index (κ1) is 11.4. The number of nitrogens with zero attached hydrogens (tertiary/aromatic N) is 2. The van der Waals surface area contributed by atoms with Crippen LogP contribution in [0.3, 0.4) is 0 Å². The molecule has 0 N–H and O–H groups in total. The van der Waals surface area contributed by atoms with Gasteiger partial charge in [0.2, 0.25) is 0 Å². The van der Waals surface area contributed by atoms with E-state index in [2.05, 4.69) is 16.8 Å². The molecule has 2 heterocycles. The molecule has 1 atom stereocenters. The Balaban J connectivity index is 2.20. The Bertz CT molecular complexity index is 403. The van der Waals surface area contributed by atoms with Crippen LogP contribution >= 0.6 is 11.3 Å². The summed E-state index contributed by atoms with van der Waals surface area (Å²) < 4.78 is 4.70. The molecule has 1 aliphatic rings. The number of carbonyl (C=O) groups is 1. The lowest BCUT2D eigenvalue weighted by Crippen LogP contribution is -2.19. The summed E-state index contributed by atoms with van der Waals surface area (Å²) in [6.07, 6.45) is 1.20. The minimum Gasteiger partial charge on any atom is -0.464 e. The molecule has 16 heavy (non-hydrogen) atoms. The number of aryl methyl sites for hydroxylation is 1. The summed E-state index contributed by atoms with van der Waals surface area (Å²) in [5.74, 6) is 0.373. The average Bonchev–Trinajstić information content (AvgIpc) is 2.83. The Morgan fingerprint density at radius 1 is 1.62 bits per heavy atom. The molecule has 5 heteroatoms. The Hall–Kier alpha value is -1.10. The molecule has 0 aromatic carbocycles. The number of thiazole rings is 1. The van der Waals surface area contributed by atoms with Gasteiger partial charge in [-0.05, 0) is 19.3 Å². The van der Waals surface area contributed by atoms with Crippen molar-refractivity contribution in [2.45, 2.75) is 20.3 Å². The largest absolute Gasteiger partial charge is 0.464 e. The van der Waals surface area contributed by atoms with Crippen molar-refractivity contribution in [2.75, 3.05) is 25.1 Å². The maximum Gasteiger partial charge on any atom is 0.357 e. The van der Waals surface area contributed by atoms with Gasteiger partial charge in [0, 0.05) is 18.0 Å². The molecular formula is C11H16N2O2S. The highest BCUT2D eigenvalue weighted by atomic mass is 32.1. The standard InChI is InChI=1S/C11H16N2O2S/c1-7-4-5-13(6-7)11-12-9(8(2)16-11)10(14)15-3/h7H,4-6H2,1-3H3. The minimum absolute atomic E-state index is 0.341. The second-order valence-corrected chi connectivity index (χ2v) is 5.41. The third-order valence-electron chi connectivity index (χ3n) is 2.86. The number of hydrogen-bond donors (Lipinski definition) is 0. The van der Waals surface area contributed by atoms with Crippen LogP contribution in [0.2, 0.25) is 0 Å². The van der Waals surface area contributed by atoms with E-state index in [1.807, 2.05) is 6.92 Å². The molecule has 2 rings (SSSR count). The fraction of sp³-hybridized carbons (Fsp3) is 0.636. The normalized spacial score (nSPS) is 20.2. The van der Waals surface area contributed by atoms with Crippen molar-refractivity contribution in [3.63, 3.8) is 0 Å². The molecule has 0 bridgehead atoms.